The molecule has 2 aromatic heterocycles. The molecule has 112 valence electrons. The number of amides is 1. The Kier molecular flexibility index (Phi) is 3.36. The summed E-state index contributed by atoms with van der Waals surface area (Å²) in [5.74, 6) is -2.40. The minimum Gasteiger partial charge on any atom is -0.321 e. The van der Waals surface area contributed by atoms with Crippen molar-refractivity contribution in [2.45, 2.75) is 13.8 Å². The standard InChI is InChI=1S/C16H13F2N3O/c1-9-4-3-7-21-14(10(2)19-15(9)21)16(22)20-11-5-6-12(17)13(18)8-11/h3-8H,1-2H3,(H,20,22). The van der Waals surface area contributed by atoms with Crippen LogP contribution in [0.4, 0.5) is 14.5 Å². The van der Waals surface area contributed by atoms with E-state index in [0.29, 0.717) is 17.0 Å². The van der Waals surface area contributed by atoms with Crippen LogP contribution in [0.5, 0.6) is 0 Å². The molecule has 0 saturated heterocycles. The summed E-state index contributed by atoms with van der Waals surface area (Å²) in [6.07, 6.45) is 1.74. The van der Waals surface area contributed by atoms with Crippen LogP contribution in [0.2, 0.25) is 0 Å². The summed E-state index contributed by atoms with van der Waals surface area (Å²) < 4.78 is 27.8. The number of nitrogens with one attached hydrogen (secondary N) is 1. The molecule has 0 unspecified atom stereocenters. The normalized spacial score (nSPS) is 10.9. The van der Waals surface area contributed by atoms with Crippen LogP contribution in [0.1, 0.15) is 21.7 Å². The molecule has 0 aliphatic rings. The highest BCUT2D eigenvalue weighted by Crippen LogP contribution is 2.18. The molecule has 4 nitrogen and oxygen atoms in total. The van der Waals surface area contributed by atoms with Crippen LogP contribution in [0.25, 0.3) is 5.65 Å². The minimum absolute atomic E-state index is 0.186. The summed E-state index contributed by atoms with van der Waals surface area (Å²) in [4.78, 5) is 16.8. The third-order valence-electron chi connectivity index (χ3n) is 3.41. The number of halogens is 2. The molecule has 0 spiro atoms. The van der Waals surface area contributed by atoms with Crippen molar-refractivity contribution >= 4 is 17.2 Å². The summed E-state index contributed by atoms with van der Waals surface area (Å²) in [6.45, 7) is 3.63. The van der Waals surface area contributed by atoms with Crippen LogP contribution in [0, 0.1) is 25.5 Å². The number of rotatable bonds is 2. The maximum absolute atomic E-state index is 13.2. The van der Waals surface area contributed by atoms with Gasteiger partial charge in [-0.05, 0) is 37.6 Å². The number of anilines is 1. The Morgan fingerprint density at radius 2 is 1.95 bits per heavy atom. The third-order valence-corrected chi connectivity index (χ3v) is 3.41. The van der Waals surface area contributed by atoms with E-state index >= 15 is 0 Å². The zero-order valence-electron chi connectivity index (χ0n) is 12.0. The fourth-order valence-corrected chi connectivity index (χ4v) is 2.36. The molecular weight excluding hydrogens is 288 g/mol. The number of aromatic nitrogens is 2. The number of benzene rings is 1. The topological polar surface area (TPSA) is 46.4 Å². The van der Waals surface area contributed by atoms with Crippen LogP contribution >= 0.6 is 0 Å². The lowest BCUT2D eigenvalue weighted by Gasteiger charge is -2.07. The van der Waals surface area contributed by atoms with E-state index in [1.165, 1.54) is 6.07 Å². The van der Waals surface area contributed by atoms with Crippen LogP contribution < -0.4 is 5.32 Å². The molecule has 1 amide bonds. The van der Waals surface area contributed by atoms with Gasteiger partial charge in [0.1, 0.15) is 11.3 Å². The van der Waals surface area contributed by atoms with Gasteiger partial charge in [0.05, 0.1) is 5.69 Å². The quantitative estimate of drug-likeness (QED) is 0.787. The van der Waals surface area contributed by atoms with Crippen molar-refractivity contribution in [3.63, 3.8) is 0 Å². The Bertz CT molecular complexity index is 886. The van der Waals surface area contributed by atoms with Gasteiger partial charge in [-0.15, -0.1) is 0 Å². The first kappa shape index (κ1) is 14.2. The Labute approximate surface area is 125 Å². The zero-order chi connectivity index (χ0) is 15.9. The van der Waals surface area contributed by atoms with E-state index in [1.807, 2.05) is 19.1 Å². The van der Waals surface area contributed by atoms with Gasteiger partial charge in [0.2, 0.25) is 0 Å². The van der Waals surface area contributed by atoms with Gasteiger partial charge >= 0.3 is 0 Å². The van der Waals surface area contributed by atoms with Crippen LogP contribution in [0.3, 0.4) is 0 Å². The van der Waals surface area contributed by atoms with Gasteiger partial charge < -0.3 is 5.32 Å². The molecule has 0 fully saturated rings. The van der Waals surface area contributed by atoms with Gasteiger partial charge in [0, 0.05) is 18.0 Å². The molecule has 1 aromatic carbocycles. The van der Waals surface area contributed by atoms with E-state index in [-0.39, 0.29) is 5.69 Å². The molecule has 2 heterocycles. The first-order valence-corrected chi connectivity index (χ1v) is 6.68. The molecule has 1 N–H and O–H groups in total. The SMILES string of the molecule is Cc1nc2c(C)cccn2c1C(=O)Nc1ccc(F)c(F)c1. The number of carbonyl (C=O) groups excluding carboxylic acids is 1. The highest BCUT2D eigenvalue weighted by molar-refractivity contribution is 6.04. The van der Waals surface area contributed by atoms with E-state index in [2.05, 4.69) is 10.3 Å². The highest BCUT2D eigenvalue weighted by atomic mass is 19.2. The number of fused-ring (bicyclic) bond motifs is 1. The molecule has 6 heteroatoms. The number of imidazole rings is 1. The van der Waals surface area contributed by atoms with Gasteiger partial charge in [-0.25, -0.2) is 13.8 Å². The summed E-state index contributed by atoms with van der Waals surface area (Å²) in [7, 11) is 0. The van der Waals surface area contributed by atoms with Crippen molar-refractivity contribution in [2.75, 3.05) is 5.32 Å². The summed E-state index contributed by atoms with van der Waals surface area (Å²) in [5.41, 5.74) is 2.75. The van der Waals surface area contributed by atoms with E-state index < -0.39 is 17.5 Å². The molecule has 0 saturated carbocycles. The molecule has 0 atom stereocenters. The first-order valence-electron chi connectivity index (χ1n) is 6.68. The second-order valence-electron chi connectivity index (χ2n) is 5.01. The number of hydrogen-bond acceptors (Lipinski definition) is 2. The van der Waals surface area contributed by atoms with Crippen molar-refractivity contribution in [1.82, 2.24) is 9.38 Å². The van der Waals surface area contributed by atoms with E-state index in [0.717, 1.165) is 17.7 Å². The maximum Gasteiger partial charge on any atom is 0.274 e. The number of pyridine rings is 1. The summed E-state index contributed by atoms with van der Waals surface area (Å²) in [6, 6.07) is 6.93. The summed E-state index contributed by atoms with van der Waals surface area (Å²) >= 11 is 0. The van der Waals surface area contributed by atoms with Gasteiger partial charge in [0.15, 0.2) is 11.6 Å². The van der Waals surface area contributed by atoms with Crippen molar-refractivity contribution in [3.8, 4) is 0 Å². The lowest BCUT2D eigenvalue weighted by Crippen LogP contribution is -2.15. The second-order valence-corrected chi connectivity index (χ2v) is 5.01. The Morgan fingerprint density at radius 1 is 1.18 bits per heavy atom. The lowest BCUT2D eigenvalue weighted by molar-refractivity contribution is 0.102. The lowest BCUT2D eigenvalue weighted by atomic mass is 10.2. The third kappa shape index (κ3) is 2.32. The number of hydrogen-bond donors (Lipinski definition) is 1. The number of carbonyl (C=O) groups is 1. The Balaban J connectivity index is 2.00. The monoisotopic (exact) mass is 301 g/mol. The largest absolute Gasteiger partial charge is 0.321 e. The smallest absolute Gasteiger partial charge is 0.274 e. The predicted octanol–water partition coefficient (Wildman–Crippen LogP) is 3.48. The van der Waals surface area contributed by atoms with Crippen LogP contribution in [0.15, 0.2) is 36.5 Å². The molecule has 0 bridgehead atoms. The minimum atomic E-state index is -1.01. The Morgan fingerprint density at radius 3 is 2.68 bits per heavy atom. The van der Waals surface area contributed by atoms with E-state index in [4.69, 9.17) is 0 Å². The van der Waals surface area contributed by atoms with Gasteiger partial charge in [0.25, 0.3) is 5.91 Å². The average molecular weight is 301 g/mol. The highest BCUT2D eigenvalue weighted by Gasteiger charge is 2.18. The molecule has 0 aliphatic carbocycles. The van der Waals surface area contributed by atoms with Crippen molar-refractivity contribution < 1.29 is 13.6 Å². The second kappa shape index (κ2) is 5.22. The molecule has 0 aliphatic heterocycles. The Hall–Kier alpha value is -2.76. The average Bonchev–Trinajstić information content (AvgIpc) is 2.81. The van der Waals surface area contributed by atoms with Crippen LogP contribution in [-0.4, -0.2) is 15.3 Å². The fraction of sp³-hybridized carbons (Fsp3) is 0.125. The first-order chi connectivity index (χ1) is 10.5. The van der Waals surface area contributed by atoms with Gasteiger partial charge in [-0.3, -0.25) is 9.20 Å². The number of nitrogens with zero attached hydrogens (tertiary/aromatic N) is 2. The summed E-state index contributed by atoms with van der Waals surface area (Å²) in [5, 5.41) is 2.56. The van der Waals surface area contributed by atoms with Gasteiger partial charge in [-0.2, -0.15) is 0 Å². The molecular formula is C16H13F2N3O. The van der Waals surface area contributed by atoms with Crippen molar-refractivity contribution in [2.24, 2.45) is 0 Å². The van der Waals surface area contributed by atoms with Crippen molar-refractivity contribution in [1.29, 1.82) is 0 Å². The van der Waals surface area contributed by atoms with E-state index in [1.54, 1.807) is 17.5 Å². The maximum atomic E-state index is 13.2. The van der Waals surface area contributed by atoms with Crippen LogP contribution in [-0.2, 0) is 0 Å². The zero-order valence-corrected chi connectivity index (χ0v) is 12.0. The molecule has 22 heavy (non-hydrogen) atoms. The fourth-order valence-electron chi connectivity index (χ4n) is 2.36. The number of aryl methyl sites for hydroxylation is 2. The predicted molar refractivity (Wildman–Crippen MR) is 79.0 cm³/mol. The molecule has 0 radical (unpaired) electrons. The molecule has 3 aromatic rings. The molecule has 3 rings (SSSR count). The van der Waals surface area contributed by atoms with Gasteiger partial charge in [-0.1, -0.05) is 6.07 Å². The van der Waals surface area contributed by atoms with Crippen molar-refractivity contribution in [3.05, 3.63) is 65.1 Å². The van der Waals surface area contributed by atoms with E-state index in [9.17, 15) is 13.6 Å².